The first-order chi connectivity index (χ1) is 16.5. The lowest BCUT2D eigenvalue weighted by Gasteiger charge is -2.26. The van der Waals surface area contributed by atoms with Gasteiger partial charge in [0.2, 0.25) is 0 Å². The number of rotatable bonds is 6. The number of fused-ring (bicyclic) bond motifs is 1. The van der Waals surface area contributed by atoms with Gasteiger partial charge in [-0.05, 0) is 47.5 Å². The summed E-state index contributed by atoms with van der Waals surface area (Å²) in [5, 5.41) is 18.7. The molecule has 1 amide bonds. The second-order valence-electron chi connectivity index (χ2n) is 7.90. The molecule has 1 aliphatic heterocycles. The van der Waals surface area contributed by atoms with Gasteiger partial charge in [0.25, 0.3) is 11.6 Å². The molecule has 0 bridgehead atoms. The van der Waals surface area contributed by atoms with Crippen molar-refractivity contribution in [3.05, 3.63) is 111 Å². The van der Waals surface area contributed by atoms with Crippen LogP contribution in [0, 0.1) is 15.9 Å². The molecule has 3 aromatic carbocycles. The predicted octanol–water partition coefficient (Wildman–Crippen LogP) is 4.88. The van der Waals surface area contributed by atoms with Gasteiger partial charge < -0.3 is 9.64 Å². The van der Waals surface area contributed by atoms with Gasteiger partial charge >= 0.3 is 0 Å². The maximum Gasteiger partial charge on any atom is 0.273 e. The molecule has 2 heterocycles. The van der Waals surface area contributed by atoms with E-state index >= 15 is 0 Å². The molecule has 34 heavy (non-hydrogen) atoms. The van der Waals surface area contributed by atoms with Crippen LogP contribution in [-0.4, -0.2) is 33.0 Å². The van der Waals surface area contributed by atoms with Gasteiger partial charge in [-0.15, -0.1) is 0 Å². The number of non-ortho nitro benzene ring substituents is 1. The van der Waals surface area contributed by atoms with Crippen molar-refractivity contribution in [1.29, 1.82) is 0 Å². The minimum atomic E-state index is -0.622. The Labute approximate surface area is 193 Å². The van der Waals surface area contributed by atoms with Crippen LogP contribution < -0.4 is 4.74 Å². The number of halogens is 1. The van der Waals surface area contributed by atoms with Gasteiger partial charge in [0.1, 0.15) is 17.3 Å². The first-order valence-electron chi connectivity index (χ1n) is 10.5. The van der Waals surface area contributed by atoms with E-state index in [4.69, 9.17) is 4.74 Å². The molecule has 0 saturated heterocycles. The first kappa shape index (κ1) is 21.3. The Morgan fingerprint density at radius 3 is 2.53 bits per heavy atom. The third-order valence-corrected chi connectivity index (χ3v) is 5.89. The second-order valence-corrected chi connectivity index (χ2v) is 7.90. The van der Waals surface area contributed by atoms with Crippen molar-refractivity contribution < 1.29 is 18.8 Å². The summed E-state index contributed by atoms with van der Waals surface area (Å²) in [4.78, 5) is 26.0. The standard InChI is InChI=1S/C25H19FN4O4/c1-34-20-11-7-16(8-12-20)22-21-23(28-27-22)25(31)29(14-15-5-9-18(26)10-6-15)24(21)17-3-2-4-19(13-17)30(32)33/h2-13,24H,14H2,1H3,(H,27,28). The van der Waals surface area contributed by atoms with E-state index < -0.39 is 11.0 Å². The maximum atomic E-state index is 13.4. The number of aromatic amines is 1. The van der Waals surface area contributed by atoms with Crippen LogP contribution in [0.4, 0.5) is 10.1 Å². The molecule has 0 saturated carbocycles. The second kappa shape index (κ2) is 8.43. The summed E-state index contributed by atoms with van der Waals surface area (Å²) in [6.07, 6.45) is 0. The highest BCUT2D eigenvalue weighted by molar-refractivity contribution is 6.00. The van der Waals surface area contributed by atoms with Crippen molar-refractivity contribution in [2.75, 3.05) is 7.11 Å². The Morgan fingerprint density at radius 1 is 1.12 bits per heavy atom. The van der Waals surface area contributed by atoms with Crippen molar-refractivity contribution >= 4 is 11.6 Å². The van der Waals surface area contributed by atoms with Gasteiger partial charge in [-0.1, -0.05) is 24.3 Å². The number of benzene rings is 3. The largest absolute Gasteiger partial charge is 0.497 e. The summed E-state index contributed by atoms with van der Waals surface area (Å²) in [6.45, 7) is 0.192. The van der Waals surface area contributed by atoms with Crippen LogP contribution in [0.25, 0.3) is 11.3 Å². The lowest BCUT2D eigenvalue weighted by molar-refractivity contribution is -0.384. The van der Waals surface area contributed by atoms with Crippen LogP contribution in [0.1, 0.15) is 33.2 Å². The maximum absolute atomic E-state index is 13.4. The number of nitrogens with zero attached hydrogens (tertiary/aromatic N) is 3. The first-order valence-corrected chi connectivity index (χ1v) is 10.5. The zero-order valence-corrected chi connectivity index (χ0v) is 18.1. The number of nitrogens with one attached hydrogen (secondary N) is 1. The lowest BCUT2D eigenvalue weighted by atomic mass is 9.95. The molecule has 1 atom stereocenters. The fourth-order valence-electron chi connectivity index (χ4n) is 4.27. The van der Waals surface area contributed by atoms with Crippen LogP contribution in [-0.2, 0) is 6.54 Å². The molecule has 9 heteroatoms. The monoisotopic (exact) mass is 458 g/mol. The van der Waals surface area contributed by atoms with E-state index in [2.05, 4.69) is 10.2 Å². The minimum Gasteiger partial charge on any atom is -0.497 e. The molecule has 0 aliphatic carbocycles. The van der Waals surface area contributed by atoms with Gasteiger partial charge in [0.15, 0.2) is 0 Å². The molecular formula is C25H19FN4O4. The fourth-order valence-corrected chi connectivity index (χ4v) is 4.27. The highest BCUT2D eigenvalue weighted by atomic mass is 19.1. The Kier molecular flexibility index (Phi) is 5.29. The summed E-state index contributed by atoms with van der Waals surface area (Å²) in [6, 6.07) is 18.8. The molecule has 1 unspecified atom stereocenters. The molecule has 8 nitrogen and oxygen atoms in total. The van der Waals surface area contributed by atoms with Gasteiger partial charge in [-0.3, -0.25) is 20.0 Å². The van der Waals surface area contributed by atoms with Crippen LogP contribution in [0.3, 0.4) is 0 Å². The third-order valence-electron chi connectivity index (χ3n) is 5.89. The summed E-state index contributed by atoms with van der Waals surface area (Å²) in [5.74, 6) is 0.0196. The van der Waals surface area contributed by atoms with Gasteiger partial charge in [-0.25, -0.2) is 4.39 Å². The third kappa shape index (κ3) is 3.66. The minimum absolute atomic E-state index is 0.0744. The summed E-state index contributed by atoms with van der Waals surface area (Å²) in [7, 11) is 1.57. The number of methoxy groups -OCH3 is 1. The van der Waals surface area contributed by atoms with Crippen LogP contribution in [0.15, 0.2) is 72.8 Å². The summed E-state index contributed by atoms with van der Waals surface area (Å²) >= 11 is 0. The van der Waals surface area contributed by atoms with Crippen LogP contribution >= 0.6 is 0 Å². The SMILES string of the molecule is COc1ccc(-c2n[nH]c3c2C(c2cccc([N+](=O)[O-])c2)N(Cc2ccc(F)cc2)C3=O)cc1. The Hall–Kier alpha value is -4.53. The number of aromatic nitrogens is 2. The smallest absolute Gasteiger partial charge is 0.273 e. The van der Waals surface area contributed by atoms with E-state index in [1.807, 2.05) is 12.1 Å². The highest BCUT2D eigenvalue weighted by Gasteiger charge is 2.42. The molecule has 0 radical (unpaired) electrons. The number of hydrogen-bond donors (Lipinski definition) is 1. The van der Waals surface area contributed by atoms with E-state index in [1.165, 1.54) is 24.3 Å². The van der Waals surface area contributed by atoms with Gasteiger partial charge in [0, 0.05) is 29.8 Å². The zero-order chi connectivity index (χ0) is 23.8. The Bertz CT molecular complexity index is 1380. The molecule has 170 valence electrons. The van der Waals surface area contributed by atoms with E-state index in [0.717, 1.165) is 11.1 Å². The quantitative estimate of drug-likeness (QED) is 0.328. The molecule has 1 aromatic heterocycles. The summed E-state index contributed by atoms with van der Waals surface area (Å²) in [5.41, 5.74) is 3.54. The van der Waals surface area contributed by atoms with Crippen molar-refractivity contribution in [2.45, 2.75) is 12.6 Å². The molecular weight excluding hydrogens is 439 g/mol. The van der Waals surface area contributed by atoms with Crippen molar-refractivity contribution in [3.63, 3.8) is 0 Å². The predicted molar refractivity (Wildman–Crippen MR) is 122 cm³/mol. The molecule has 4 aromatic rings. The number of hydrogen-bond acceptors (Lipinski definition) is 5. The van der Waals surface area contributed by atoms with Crippen LogP contribution in [0.2, 0.25) is 0 Å². The number of carbonyl (C=O) groups is 1. The number of carbonyl (C=O) groups excluding carboxylic acids is 1. The average molecular weight is 458 g/mol. The van der Waals surface area contributed by atoms with E-state index in [-0.39, 0.29) is 24.0 Å². The molecule has 5 rings (SSSR count). The molecule has 0 spiro atoms. The van der Waals surface area contributed by atoms with Crippen molar-refractivity contribution in [1.82, 2.24) is 15.1 Å². The van der Waals surface area contributed by atoms with Gasteiger partial charge in [0.05, 0.1) is 23.8 Å². The average Bonchev–Trinajstić information content (AvgIpc) is 3.40. The van der Waals surface area contributed by atoms with Gasteiger partial charge in [-0.2, -0.15) is 5.10 Å². The number of amides is 1. The highest BCUT2D eigenvalue weighted by Crippen LogP contribution is 2.44. The molecule has 0 fully saturated rings. The van der Waals surface area contributed by atoms with E-state index in [0.29, 0.717) is 28.3 Å². The number of H-pyrrole nitrogens is 1. The number of nitro groups is 1. The molecule has 1 N–H and O–H groups in total. The summed E-state index contributed by atoms with van der Waals surface area (Å²) < 4.78 is 18.7. The van der Waals surface area contributed by atoms with E-state index in [1.54, 1.807) is 48.4 Å². The topological polar surface area (TPSA) is 101 Å². The van der Waals surface area contributed by atoms with E-state index in [9.17, 15) is 19.3 Å². The molecule has 1 aliphatic rings. The number of nitro benzene ring substituents is 1. The Balaban J connectivity index is 1.64. The Morgan fingerprint density at radius 2 is 1.85 bits per heavy atom. The van der Waals surface area contributed by atoms with Crippen molar-refractivity contribution in [2.24, 2.45) is 0 Å². The number of ether oxygens (including phenoxy) is 1. The normalized spacial score (nSPS) is 14.8. The van der Waals surface area contributed by atoms with Crippen molar-refractivity contribution in [3.8, 4) is 17.0 Å². The lowest BCUT2D eigenvalue weighted by Crippen LogP contribution is -2.29. The zero-order valence-electron chi connectivity index (χ0n) is 18.1. The fraction of sp³-hybridized carbons (Fsp3) is 0.120. The van der Waals surface area contributed by atoms with Crippen LogP contribution in [0.5, 0.6) is 5.75 Å².